The SMILES string of the molecule is NCCc1cn(CC(=O)O)c2ccc(Br)cc12. The van der Waals surface area contributed by atoms with E-state index in [1.807, 2.05) is 24.4 Å². The first-order valence-corrected chi connectivity index (χ1v) is 6.10. The Hall–Kier alpha value is -1.33. The number of carbonyl (C=O) groups is 1. The van der Waals surface area contributed by atoms with Crippen LogP contribution in [0.3, 0.4) is 0 Å². The quantitative estimate of drug-likeness (QED) is 0.907. The molecule has 0 aliphatic rings. The molecule has 1 heterocycles. The molecule has 3 N–H and O–H groups in total. The number of halogens is 1. The highest BCUT2D eigenvalue weighted by Crippen LogP contribution is 2.25. The number of hydrogen-bond donors (Lipinski definition) is 2. The molecule has 0 spiro atoms. The Labute approximate surface area is 107 Å². The van der Waals surface area contributed by atoms with E-state index in [1.165, 1.54) is 0 Å². The summed E-state index contributed by atoms with van der Waals surface area (Å²) in [7, 11) is 0. The largest absolute Gasteiger partial charge is 0.480 e. The Kier molecular flexibility index (Phi) is 3.49. The molecule has 17 heavy (non-hydrogen) atoms. The number of nitrogens with two attached hydrogens (primary N) is 1. The third-order valence-electron chi connectivity index (χ3n) is 2.64. The summed E-state index contributed by atoms with van der Waals surface area (Å²) in [5, 5.41) is 9.93. The zero-order valence-electron chi connectivity index (χ0n) is 9.19. The van der Waals surface area contributed by atoms with E-state index in [-0.39, 0.29) is 6.54 Å². The van der Waals surface area contributed by atoms with Crippen molar-refractivity contribution in [2.24, 2.45) is 5.73 Å². The van der Waals surface area contributed by atoms with E-state index >= 15 is 0 Å². The fraction of sp³-hybridized carbons (Fsp3) is 0.250. The lowest BCUT2D eigenvalue weighted by Gasteiger charge is -2.00. The van der Waals surface area contributed by atoms with Gasteiger partial charge in [-0.25, -0.2) is 0 Å². The van der Waals surface area contributed by atoms with Gasteiger partial charge in [0.1, 0.15) is 6.54 Å². The minimum atomic E-state index is -0.843. The molecule has 2 rings (SSSR count). The maximum absolute atomic E-state index is 10.8. The maximum Gasteiger partial charge on any atom is 0.323 e. The van der Waals surface area contributed by atoms with Gasteiger partial charge in [0.2, 0.25) is 0 Å². The monoisotopic (exact) mass is 296 g/mol. The Morgan fingerprint density at radius 1 is 1.47 bits per heavy atom. The molecule has 0 fully saturated rings. The molecule has 90 valence electrons. The van der Waals surface area contributed by atoms with Crippen LogP contribution in [0, 0.1) is 0 Å². The Morgan fingerprint density at radius 2 is 2.24 bits per heavy atom. The van der Waals surface area contributed by atoms with Crippen molar-refractivity contribution in [1.29, 1.82) is 0 Å². The van der Waals surface area contributed by atoms with Crippen LogP contribution in [0.2, 0.25) is 0 Å². The van der Waals surface area contributed by atoms with Crippen LogP contribution in [0.4, 0.5) is 0 Å². The Morgan fingerprint density at radius 3 is 2.88 bits per heavy atom. The van der Waals surface area contributed by atoms with E-state index in [2.05, 4.69) is 15.9 Å². The number of hydrogen-bond acceptors (Lipinski definition) is 2. The normalized spacial score (nSPS) is 10.9. The van der Waals surface area contributed by atoms with E-state index < -0.39 is 5.97 Å². The lowest BCUT2D eigenvalue weighted by atomic mass is 10.1. The van der Waals surface area contributed by atoms with Crippen molar-refractivity contribution in [2.75, 3.05) is 6.54 Å². The molecule has 0 amide bonds. The summed E-state index contributed by atoms with van der Waals surface area (Å²) >= 11 is 3.42. The second kappa shape index (κ2) is 4.89. The minimum Gasteiger partial charge on any atom is -0.480 e. The smallest absolute Gasteiger partial charge is 0.323 e. The zero-order valence-corrected chi connectivity index (χ0v) is 10.8. The molecule has 0 saturated carbocycles. The second-order valence-corrected chi connectivity index (χ2v) is 4.79. The van der Waals surface area contributed by atoms with Crippen molar-refractivity contribution >= 4 is 32.8 Å². The molecule has 0 saturated heterocycles. The number of rotatable bonds is 4. The van der Waals surface area contributed by atoms with Gasteiger partial charge in [0.25, 0.3) is 0 Å². The zero-order chi connectivity index (χ0) is 12.4. The van der Waals surface area contributed by atoms with Gasteiger partial charge in [0.15, 0.2) is 0 Å². The molecule has 0 bridgehead atoms. The van der Waals surface area contributed by atoms with Crippen molar-refractivity contribution < 1.29 is 9.90 Å². The molecular weight excluding hydrogens is 284 g/mol. The van der Waals surface area contributed by atoms with Gasteiger partial charge >= 0.3 is 5.97 Å². The van der Waals surface area contributed by atoms with Crippen LogP contribution in [-0.2, 0) is 17.8 Å². The maximum atomic E-state index is 10.8. The third-order valence-corrected chi connectivity index (χ3v) is 3.14. The number of aliphatic carboxylic acids is 1. The standard InChI is InChI=1S/C12H13BrN2O2/c13-9-1-2-11-10(5-9)8(3-4-14)6-15(11)7-12(16)17/h1-2,5-6H,3-4,7,14H2,(H,16,17). The summed E-state index contributed by atoms with van der Waals surface area (Å²) in [5.41, 5.74) is 7.58. The molecule has 0 aliphatic carbocycles. The average molecular weight is 297 g/mol. The number of nitrogens with zero attached hydrogens (tertiary/aromatic N) is 1. The highest BCUT2D eigenvalue weighted by Gasteiger charge is 2.10. The third kappa shape index (κ3) is 2.50. The molecule has 0 aliphatic heterocycles. The van der Waals surface area contributed by atoms with E-state index in [0.717, 1.165) is 27.4 Å². The van der Waals surface area contributed by atoms with Crippen LogP contribution < -0.4 is 5.73 Å². The van der Waals surface area contributed by atoms with Crippen LogP contribution in [0.15, 0.2) is 28.9 Å². The highest BCUT2D eigenvalue weighted by molar-refractivity contribution is 9.10. The molecule has 4 nitrogen and oxygen atoms in total. The molecule has 1 aromatic heterocycles. The lowest BCUT2D eigenvalue weighted by molar-refractivity contribution is -0.137. The Balaban J connectivity index is 2.57. The molecule has 5 heteroatoms. The van der Waals surface area contributed by atoms with Gasteiger partial charge in [0.05, 0.1) is 0 Å². The van der Waals surface area contributed by atoms with Gasteiger partial charge in [-0.05, 0) is 36.7 Å². The van der Waals surface area contributed by atoms with Crippen molar-refractivity contribution in [3.63, 3.8) is 0 Å². The van der Waals surface area contributed by atoms with Crippen LogP contribution in [-0.4, -0.2) is 22.2 Å². The summed E-state index contributed by atoms with van der Waals surface area (Å²) in [6.45, 7) is 0.529. The molecule has 2 aromatic rings. The van der Waals surface area contributed by atoms with Crippen molar-refractivity contribution in [1.82, 2.24) is 4.57 Å². The number of carboxylic acid groups (broad SMARTS) is 1. The first-order valence-electron chi connectivity index (χ1n) is 5.31. The number of carboxylic acids is 1. The highest BCUT2D eigenvalue weighted by atomic mass is 79.9. The fourth-order valence-corrected chi connectivity index (χ4v) is 2.34. The summed E-state index contributed by atoms with van der Waals surface area (Å²) in [5.74, 6) is -0.843. The first kappa shape index (κ1) is 12.1. The Bertz CT molecular complexity index is 563. The molecule has 0 unspecified atom stereocenters. The van der Waals surface area contributed by atoms with Crippen LogP contribution in [0.1, 0.15) is 5.56 Å². The van der Waals surface area contributed by atoms with Gasteiger partial charge in [0, 0.05) is 21.6 Å². The van der Waals surface area contributed by atoms with Crippen molar-refractivity contribution in [3.05, 3.63) is 34.4 Å². The van der Waals surface area contributed by atoms with Crippen molar-refractivity contribution in [3.8, 4) is 0 Å². The molecule has 1 aromatic carbocycles. The molecule has 0 atom stereocenters. The minimum absolute atomic E-state index is 0.0251. The van der Waals surface area contributed by atoms with Crippen LogP contribution >= 0.6 is 15.9 Å². The number of benzene rings is 1. The van der Waals surface area contributed by atoms with Crippen molar-refractivity contribution in [2.45, 2.75) is 13.0 Å². The van der Waals surface area contributed by atoms with E-state index in [1.54, 1.807) is 4.57 Å². The molecular formula is C12H13BrN2O2. The van der Waals surface area contributed by atoms with E-state index in [0.29, 0.717) is 6.54 Å². The number of fused-ring (bicyclic) bond motifs is 1. The summed E-state index contributed by atoms with van der Waals surface area (Å²) < 4.78 is 2.73. The van der Waals surface area contributed by atoms with Gasteiger partial charge in [-0.15, -0.1) is 0 Å². The predicted molar refractivity (Wildman–Crippen MR) is 70.0 cm³/mol. The summed E-state index contributed by atoms with van der Waals surface area (Å²) in [4.78, 5) is 10.8. The van der Waals surface area contributed by atoms with Gasteiger partial charge in [-0.2, -0.15) is 0 Å². The van der Waals surface area contributed by atoms with Gasteiger partial charge in [-0.3, -0.25) is 4.79 Å². The average Bonchev–Trinajstić information content (AvgIpc) is 2.56. The van der Waals surface area contributed by atoms with Crippen LogP contribution in [0.25, 0.3) is 10.9 Å². The topological polar surface area (TPSA) is 68.2 Å². The van der Waals surface area contributed by atoms with Crippen LogP contribution in [0.5, 0.6) is 0 Å². The van der Waals surface area contributed by atoms with Gasteiger partial charge < -0.3 is 15.4 Å². The summed E-state index contributed by atoms with van der Waals surface area (Å²) in [6, 6.07) is 5.83. The summed E-state index contributed by atoms with van der Waals surface area (Å²) in [6.07, 6.45) is 2.62. The molecule has 0 radical (unpaired) electrons. The van der Waals surface area contributed by atoms with E-state index in [9.17, 15) is 4.79 Å². The predicted octanol–water partition coefficient (Wildman–Crippen LogP) is 1.99. The lowest BCUT2D eigenvalue weighted by Crippen LogP contribution is -2.07. The first-order chi connectivity index (χ1) is 8.11. The van der Waals surface area contributed by atoms with Gasteiger partial charge in [-0.1, -0.05) is 15.9 Å². The second-order valence-electron chi connectivity index (χ2n) is 3.88. The fourth-order valence-electron chi connectivity index (χ4n) is 1.97. The van der Waals surface area contributed by atoms with E-state index in [4.69, 9.17) is 10.8 Å². The number of aromatic nitrogens is 1.